The van der Waals surface area contributed by atoms with Gasteiger partial charge in [-0.05, 0) is 48.7 Å². The average molecular weight is 349 g/mol. The Bertz CT molecular complexity index is 842. The van der Waals surface area contributed by atoms with Crippen LogP contribution >= 0.6 is 0 Å². The fourth-order valence-corrected chi connectivity index (χ4v) is 4.44. The number of nitrogens with zero attached hydrogens (tertiary/aromatic N) is 2. The molecule has 4 rings (SSSR count). The summed E-state index contributed by atoms with van der Waals surface area (Å²) in [6.07, 6.45) is 9.01. The molecule has 5 nitrogen and oxygen atoms in total. The van der Waals surface area contributed by atoms with E-state index in [1.807, 2.05) is 23.1 Å². The summed E-state index contributed by atoms with van der Waals surface area (Å²) in [5.41, 5.74) is 3.38. The van der Waals surface area contributed by atoms with E-state index in [4.69, 9.17) is 0 Å². The Kier molecular flexibility index (Phi) is 4.23. The number of rotatable bonds is 2. The van der Waals surface area contributed by atoms with Crippen molar-refractivity contribution in [2.24, 2.45) is 0 Å². The molecule has 2 aliphatic rings. The lowest BCUT2D eigenvalue weighted by Gasteiger charge is -2.34. The number of benzene rings is 1. The Morgan fingerprint density at radius 1 is 1.04 bits per heavy atom. The van der Waals surface area contributed by atoms with Crippen LogP contribution in [0.5, 0.6) is 0 Å². The predicted octanol–water partition coefficient (Wildman–Crippen LogP) is 3.30. The molecule has 1 aliphatic heterocycles. The molecule has 2 aromatic rings. The normalized spacial score (nSPS) is 17.8. The number of hydrogen-bond donors (Lipinski definition) is 1. The number of pyridine rings is 1. The van der Waals surface area contributed by atoms with Gasteiger partial charge in [0.1, 0.15) is 0 Å². The van der Waals surface area contributed by atoms with E-state index >= 15 is 0 Å². The second kappa shape index (κ2) is 6.56. The fourth-order valence-electron chi connectivity index (χ4n) is 4.44. The molecule has 1 fully saturated rings. The minimum atomic E-state index is -0.0855. The largest absolute Gasteiger partial charge is 0.355 e. The van der Waals surface area contributed by atoms with Gasteiger partial charge in [-0.1, -0.05) is 19.3 Å². The lowest BCUT2D eigenvalue weighted by Crippen LogP contribution is -2.38. The van der Waals surface area contributed by atoms with E-state index in [0.717, 1.165) is 24.1 Å². The molecule has 0 saturated heterocycles. The van der Waals surface area contributed by atoms with Crippen LogP contribution in [0.1, 0.15) is 58.4 Å². The third-order valence-corrected chi connectivity index (χ3v) is 5.79. The Morgan fingerprint density at radius 3 is 2.46 bits per heavy atom. The molecule has 0 radical (unpaired) electrons. The molecule has 1 N–H and O–H groups in total. The molecule has 0 atom stereocenters. The highest BCUT2D eigenvalue weighted by atomic mass is 16.2. The lowest BCUT2D eigenvalue weighted by atomic mass is 9.70. The first-order valence-electron chi connectivity index (χ1n) is 9.23. The minimum absolute atomic E-state index is 0.00351. The number of carbonyl (C=O) groups is 2. The number of anilines is 1. The van der Waals surface area contributed by atoms with Crippen LogP contribution in [-0.2, 0) is 5.41 Å². The lowest BCUT2D eigenvalue weighted by molar-refractivity contribution is 0.0960. The van der Waals surface area contributed by atoms with Gasteiger partial charge in [0.2, 0.25) is 0 Å². The maximum Gasteiger partial charge on any atom is 0.258 e. The summed E-state index contributed by atoms with van der Waals surface area (Å²) < 4.78 is 0. The van der Waals surface area contributed by atoms with E-state index in [9.17, 15) is 9.59 Å². The van der Waals surface area contributed by atoms with Gasteiger partial charge >= 0.3 is 0 Å². The van der Waals surface area contributed by atoms with Gasteiger partial charge in [-0.2, -0.15) is 0 Å². The van der Waals surface area contributed by atoms with Gasteiger partial charge in [0.05, 0.1) is 0 Å². The third kappa shape index (κ3) is 2.68. The van der Waals surface area contributed by atoms with Gasteiger partial charge in [0, 0.05) is 48.2 Å². The molecular weight excluding hydrogens is 326 g/mol. The molecule has 1 saturated carbocycles. The van der Waals surface area contributed by atoms with Crippen LogP contribution in [0.3, 0.4) is 0 Å². The molecule has 1 aromatic carbocycles. The molecule has 2 heterocycles. The van der Waals surface area contributed by atoms with E-state index in [2.05, 4.69) is 10.3 Å². The first kappa shape index (κ1) is 16.8. The van der Waals surface area contributed by atoms with E-state index < -0.39 is 0 Å². The molecule has 0 unspecified atom stereocenters. The topological polar surface area (TPSA) is 62.3 Å². The van der Waals surface area contributed by atoms with Crippen molar-refractivity contribution in [2.75, 3.05) is 18.5 Å². The summed E-state index contributed by atoms with van der Waals surface area (Å²) in [4.78, 5) is 31.2. The number of carbonyl (C=O) groups excluding carboxylic acids is 2. The Labute approximate surface area is 153 Å². The maximum atomic E-state index is 13.1. The van der Waals surface area contributed by atoms with Crippen molar-refractivity contribution in [3.8, 4) is 0 Å². The van der Waals surface area contributed by atoms with Crippen LogP contribution in [0.2, 0.25) is 0 Å². The number of fused-ring (bicyclic) bond motifs is 2. The van der Waals surface area contributed by atoms with E-state index in [0.29, 0.717) is 17.7 Å². The van der Waals surface area contributed by atoms with Gasteiger partial charge in [-0.15, -0.1) is 0 Å². The number of nitrogens with one attached hydrogen (secondary N) is 1. The summed E-state index contributed by atoms with van der Waals surface area (Å²) in [6.45, 7) is 0.695. The van der Waals surface area contributed by atoms with E-state index in [1.54, 1.807) is 31.6 Å². The molecule has 1 aromatic heterocycles. The number of aromatic nitrogens is 1. The quantitative estimate of drug-likeness (QED) is 0.905. The van der Waals surface area contributed by atoms with E-state index in [-0.39, 0.29) is 17.2 Å². The van der Waals surface area contributed by atoms with Gasteiger partial charge in [0.15, 0.2) is 0 Å². The molecule has 26 heavy (non-hydrogen) atoms. The summed E-state index contributed by atoms with van der Waals surface area (Å²) in [5, 5.41) is 2.70. The van der Waals surface area contributed by atoms with Crippen molar-refractivity contribution >= 4 is 17.5 Å². The van der Waals surface area contributed by atoms with Gasteiger partial charge in [-0.3, -0.25) is 14.6 Å². The Morgan fingerprint density at radius 2 is 1.77 bits per heavy atom. The van der Waals surface area contributed by atoms with Crippen LogP contribution in [0, 0.1) is 0 Å². The molecule has 5 heteroatoms. The molecule has 1 aliphatic carbocycles. The summed E-state index contributed by atoms with van der Waals surface area (Å²) in [7, 11) is 1.64. The van der Waals surface area contributed by atoms with Crippen LogP contribution < -0.4 is 10.2 Å². The first-order valence-corrected chi connectivity index (χ1v) is 9.23. The highest BCUT2D eigenvalue weighted by Crippen LogP contribution is 2.49. The van der Waals surface area contributed by atoms with Crippen molar-refractivity contribution in [1.29, 1.82) is 0 Å². The highest BCUT2D eigenvalue weighted by molar-refractivity contribution is 6.08. The third-order valence-electron chi connectivity index (χ3n) is 5.79. The average Bonchev–Trinajstić information content (AvgIpc) is 3.01. The Hall–Kier alpha value is -2.69. The van der Waals surface area contributed by atoms with Gasteiger partial charge in [0.25, 0.3) is 11.8 Å². The molecular formula is C21H23N3O2. The molecule has 2 amide bonds. The molecule has 1 spiro atoms. The number of amides is 2. The molecule has 0 bridgehead atoms. The summed E-state index contributed by atoms with van der Waals surface area (Å²) in [6, 6.07) is 9.26. The van der Waals surface area contributed by atoms with Crippen molar-refractivity contribution < 1.29 is 9.59 Å². The number of hydrogen-bond acceptors (Lipinski definition) is 3. The summed E-state index contributed by atoms with van der Waals surface area (Å²) in [5.74, 6) is -0.0820. The van der Waals surface area contributed by atoms with Crippen LogP contribution in [-0.4, -0.2) is 30.4 Å². The maximum absolute atomic E-state index is 13.1. The SMILES string of the molecule is CNC(=O)c1ccc2c(c1)C1(CCCCC1)CN2C(=O)c1ccncc1. The van der Waals surface area contributed by atoms with Crippen molar-refractivity contribution in [2.45, 2.75) is 37.5 Å². The minimum Gasteiger partial charge on any atom is -0.355 e. The zero-order valence-electron chi connectivity index (χ0n) is 15.0. The second-order valence-corrected chi connectivity index (χ2v) is 7.28. The summed E-state index contributed by atoms with van der Waals surface area (Å²) >= 11 is 0. The first-order chi connectivity index (χ1) is 12.6. The van der Waals surface area contributed by atoms with Crippen molar-refractivity contribution in [3.63, 3.8) is 0 Å². The predicted molar refractivity (Wildman–Crippen MR) is 101 cm³/mol. The standard InChI is InChI=1S/C21H23N3O2/c1-22-19(25)16-5-6-18-17(13-16)21(9-3-2-4-10-21)14-24(18)20(26)15-7-11-23-12-8-15/h5-8,11-13H,2-4,9-10,14H2,1H3,(H,22,25). The van der Waals surface area contributed by atoms with Crippen molar-refractivity contribution in [3.05, 3.63) is 59.4 Å². The van der Waals surface area contributed by atoms with Gasteiger partial charge in [-0.25, -0.2) is 0 Å². The zero-order chi connectivity index (χ0) is 18.1. The van der Waals surface area contributed by atoms with E-state index in [1.165, 1.54) is 19.3 Å². The smallest absolute Gasteiger partial charge is 0.258 e. The highest BCUT2D eigenvalue weighted by Gasteiger charge is 2.45. The second-order valence-electron chi connectivity index (χ2n) is 7.28. The molecule has 134 valence electrons. The van der Waals surface area contributed by atoms with Gasteiger partial charge < -0.3 is 10.2 Å². The van der Waals surface area contributed by atoms with Crippen LogP contribution in [0.4, 0.5) is 5.69 Å². The van der Waals surface area contributed by atoms with Crippen molar-refractivity contribution in [1.82, 2.24) is 10.3 Å². The monoisotopic (exact) mass is 349 g/mol. The van der Waals surface area contributed by atoms with Crippen LogP contribution in [0.25, 0.3) is 0 Å². The Balaban J connectivity index is 1.78. The fraction of sp³-hybridized carbons (Fsp3) is 0.381. The van der Waals surface area contributed by atoms with Crippen LogP contribution in [0.15, 0.2) is 42.7 Å². The zero-order valence-corrected chi connectivity index (χ0v) is 15.0.